The number of aliphatic imine (C=N–C) groups is 1. The molecule has 0 saturated carbocycles. The molecular formula is C50H41ClN4O4. The Morgan fingerprint density at radius 3 is 1.37 bits per heavy atom. The highest BCUT2D eigenvalue weighted by atomic mass is 35.5. The summed E-state index contributed by atoms with van der Waals surface area (Å²) in [6.45, 7) is 4.25. The average molecular weight is 797 g/mol. The van der Waals surface area contributed by atoms with Gasteiger partial charge in [-0.15, -0.1) is 0 Å². The number of hydrogen-bond acceptors (Lipinski definition) is 8. The van der Waals surface area contributed by atoms with E-state index in [9.17, 15) is 9.59 Å². The summed E-state index contributed by atoms with van der Waals surface area (Å²) in [7, 11) is 0. The van der Waals surface area contributed by atoms with Crippen LogP contribution >= 0.6 is 11.6 Å². The standard InChI is InChI=1S/C25H20N2O2.C13H11N.C12H10ClNO2/c1-2-29-25(28)21-15-20-13-14-22(16-23(20)26-17-21)27-24(18-9-5-3-6-10-18)19-11-7-4-8-12-19;14-13(11-7-3-1-4-8-11)12-9-5-2-6-10-12;1-2-16-12(15)9-5-8-3-4-10(13)6-11(8)14-7-9/h3-17H,2H2,1H3;1-10,14H;3-7H,2H2,1H3. The first-order valence-electron chi connectivity index (χ1n) is 19.0. The Morgan fingerprint density at radius 1 is 0.525 bits per heavy atom. The highest BCUT2D eigenvalue weighted by Crippen LogP contribution is 2.24. The number of nitrogens with one attached hydrogen (secondary N) is 1. The summed E-state index contributed by atoms with van der Waals surface area (Å²) >= 11 is 5.84. The van der Waals surface area contributed by atoms with Crippen LogP contribution in [0.4, 0.5) is 5.69 Å². The molecule has 8 rings (SSSR count). The Labute approximate surface area is 348 Å². The van der Waals surface area contributed by atoms with Crippen LogP contribution in [0.1, 0.15) is 56.8 Å². The highest BCUT2D eigenvalue weighted by molar-refractivity contribution is 6.31. The van der Waals surface area contributed by atoms with Crippen LogP contribution in [0.2, 0.25) is 5.02 Å². The molecule has 0 atom stereocenters. The number of nitrogens with zero attached hydrogens (tertiary/aromatic N) is 3. The zero-order valence-corrected chi connectivity index (χ0v) is 33.3. The molecule has 0 saturated heterocycles. The molecule has 0 unspecified atom stereocenters. The average Bonchev–Trinajstić information content (AvgIpc) is 3.29. The van der Waals surface area contributed by atoms with E-state index in [4.69, 9.17) is 31.5 Å². The highest BCUT2D eigenvalue weighted by Gasteiger charge is 2.11. The molecule has 0 aliphatic rings. The number of rotatable bonds is 9. The third-order valence-corrected chi connectivity index (χ3v) is 9.03. The second kappa shape index (κ2) is 20.8. The Bertz CT molecular complexity index is 2610. The van der Waals surface area contributed by atoms with Crippen molar-refractivity contribution in [3.8, 4) is 0 Å². The Balaban J connectivity index is 0.000000164. The predicted octanol–water partition coefficient (Wildman–Crippen LogP) is 11.7. The molecule has 0 spiro atoms. The van der Waals surface area contributed by atoms with Gasteiger partial charge in [0.2, 0.25) is 0 Å². The maximum absolute atomic E-state index is 11.9. The third-order valence-electron chi connectivity index (χ3n) is 8.80. The van der Waals surface area contributed by atoms with Gasteiger partial charge in [-0.3, -0.25) is 15.4 Å². The number of carbonyl (C=O) groups is 2. The Hall–Kier alpha value is -7.29. The summed E-state index contributed by atoms with van der Waals surface area (Å²) in [5.41, 5.74) is 8.73. The van der Waals surface area contributed by atoms with Crippen molar-refractivity contribution in [3.63, 3.8) is 0 Å². The van der Waals surface area contributed by atoms with Gasteiger partial charge in [-0.05, 0) is 61.4 Å². The van der Waals surface area contributed by atoms with E-state index in [1.807, 2.05) is 121 Å². The summed E-state index contributed by atoms with van der Waals surface area (Å²) < 4.78 is 9.95. The number of aromatic nitrogens is 2. The van der Waals surface area contributed by atoms with Crippen molar-refractivity contribution in [3.05, 3.63) is 221 Å². The normalized spacial score (nSPS) is 10.3. The van der Waals surface area contributed by atoms with Crippen LogP contribution in [0.15, 0.2) is 187 Å². The number of ether oxygens (including phenoxy) is 2. The van der Waals surface area contributed by atoms with Gasteiger partial charge < -0.3 is 9.47 Å². The van der Waals surface area contributed by atoms with Gasteiger partial charge in [-0.2, -0.15) is 0 Å². The first-order valence-corrected chi connectivity index (χ1v) is 19.4. The minimum atomic E-state index is -0.362. The molecule has 0 bridgehead atoms. The molecule has 0 radical (unpaired) electrons. The van der Waals surface area contributed by atoms with Crippen LogP contribution in [0, 0.1) is 5.41 Å². The number of benzene rings is 6. The number of pyridine rings is 2. The molecule has 292 valence electrons. The van der Waals surface area contributed by atoms with Gasteiger partial charge in [0.25, 0.3) is 0 Å². The first-order chi connectivity index (χ1) is 28.8. The topological polar surface area (TPSA) is 115 Å². The molecule has 2 heterocycles. The molecule has 59 heavy (non-hydrogen) atoms. The van der Waals surface area contributed by atoms with E-state index in [1.165, 1.54) is 6.20 Å². The van der Waals surface area contributed by atoms with E-state index < -0.39 is 0 Å². The van der Waals surface area contributed by atoms with Crippen molar-refractivity contribution in [1.82, 2.24) is 9.97 Å². The zero-order chi connectivity index (χ0) is 41.4. The summed E-state index contributed by atoms with van der Waals surface area (Å²) in [4.78, 5) is 36.9. The van der Waals surface area contributed by atoms with Gasteiger partial charge in [-0.1, -0.05) is 145 Å². The maximum Gasteiger partial charge on any atom is 0.339 e. The SMILES string of the molecule is CCOC(=O)c1cnc2cc(Cl)ccc2c1.CCOC(=O)c1cnc2cc(N=C(c3ccccc3)c3ccccc3)ccc2c1.N=C(c1ccccc1)c1ccccc1. The fraction of sp³-hybridized carbons (Fsp3) is 0.0800. The van der Waals surface area contributed by atoms with Crippen molar-refractivity contribution in [1.29, 1.82) is 5.41 Å². The lowest BCUT2D eigenvalue weighted by Gasteiger charge is -2.08. The van der Waals surface area contributed by atoms with Crippen molar-refractivity contribution in [2.75, 3.05) is 13.2 Å². The van der Waals surface area contributed by atoms with Crippen molar-refractivity contribution in [2.45, 2.75) is 13.8 Å². The van der Waals surface area contributed by atoms with Crippen molar-refractivity contribution >= 4 is 62.5 Å². The molecule has 0 aliphatic heterocycles. The van der Waals surface area contributed by atoms with Crippen LogP contribution in [0.3, 0.4) is 0 Å². The second-order valence-corrected chi connectivity index (χ2v) is 13.3. The number of halogens is 1. The molecular weight excluding hydrogens is 756 g/mol. The fourth-order valence-corrected chi connectivity index (χ4v) is 6.09. The van der Waals surface area contributed by atoms with E-state index in [-0.39, 0.29) is 11.9 Å². The molecule has 8 aromatic rings. The summed E-state index contributed by atoms with van der Waals surface area (Å²) in [6, 6.07) is 54.4. The Morgan fingerprint density at radius 2 is 0.932 bits per heavy atom. The monoisotopic (exact) mass is 796 g/mol. The van der Waals surface area contributed by atoms with E-state index in [2.05, 4.69) is 34.2 Å². The number of esters is 2. The van der Waals surface area contributed by atoms with Crippen LogP contribution in [-0.2, 0) is 9.47 Å². The first kappa shape index (κ1) is 41.3. The van der Waals surface area contributed by atoms with E-state index in [0.717, 1.165) is 55.5 Å². The van der Waals surface area contributed by atoms with Gasteiger partial charge in [0.15, 0.2) is 0 Å². The second-order valence-electron chi connectivity index (χ2n) is 12.9. The number of carbonyl (C=O) groups excluding carboxylic acids is 2. The lowest BCUT2D eigenvalue weighted by atomic mass is 10.0. The van der Waals surface area contributed by atoms with E-state index >= 15 is 0 Å². The van der Waals surface area contributed by atoms with Crippen molar-refractivity contribution < 1.29 is 19.1 Å². The van der Waals surface area contributed by atoms with E-state index in [0.29, 0.717) is 35.1 Å². The molecule has 9 heteroatoms. The summed E-state index contributed by atoms with van der Waals surface area (Å²) in [5, 5.41) is 10.3. The molecule has 2 aromatic heterocycles. The molecule has 6 aromatic carbocycles. The van der Waals surface area contributed by atoms with Crippen LogP contribution < -0.4 is 0 Å². The quantitative estimate of drug-likeness (QED) is 0.115. The molecule has 8 nitrogen and oxygen atoms in total. The number of fused-ring (bicyclic) bond motifs is 2. The smallest absolute Gasteiger partial charge is 0.339 e. The van der Waals surface area contributed by atoms with Gasteiger partial charge >= 0.3 is 11.9 Å². The summed E-state index contributed by atoms with van der Waals surface area (Å²) in [6.07, 6.45) is 3.04. The van der Waals surface area contributed by atoms with Crippen LogP contribution in [-0.4, -0.2) is 46.5 Å². The molecule has 0 aliphatic carbocycles. The number of hydrogen-bond donors (Lipinski definition) is 1. The van der Waals surface area contributed by atoms with Gasteiger partial charge in [-0.25, -0.2) is 14.6 Å². The molecule has 0 fully saturated rings. The van der Waals surface area contributed by atoms with E-state index in [1.54, 1.807) is 44.3 Å². The van der Waals surface area contributed by atoms with Gasteiger partial charge in [0.1, 0.15) is 0 Å². The zero-order valence-electron chi connectivity index (χ0n) is 32.6. The van der Waals surface area contributed by atoms with Gasteiger partial charge in [0.05, 0.1) is 52.5 Å². The lowest BCUT2D eigenvalue weighted by Crippen LogP contribution is -2.05. The van der Waals surface area contributed by atoms with Gasteiger partial charge in [0, 0.05) is 39.3 Å². The largest absolute Gasteiger partial charge is 0.462 e. The molecule has 1 N–H and O–H groups in total. The lowest BCUT2D eigenvalue weighted by molar-refractivity contribution is 0.0516. The summed E-state index contributed by atoms with van der Waals surface area (Å²) in [5.74, 6) is -0.716. The predicted molar refractivity (Wildman–Crippen MR) is 237 cm³/mol. The Kier molecular flexibility index (Phi) is 14.5. The van der Waals surface area contributed by atoms with Crippen molar-refractivity contribution in [2.24, 2.45) is 4.99 Å². The minimum absolute atomic E-state index is 0.340. The van der Waals surface area contributed by atoms with Crippen LogP contribution in [0.5, 0.6) is 0 Å². The van der Waals surface area contributed by atoms with Crippen LogP contribution in [0.25, 0.3) is 21.8 Å². The minimum Gasteiger partial charge on any atom is -0.462 e. The molecule has 0 amide bonds. The fourth-order valence-electron chi connectivity index (χ4n) is 5.92. The maximum atomic E-state index is 11.9. The third kappa shape index (κ3) is 11.4.